The fourth-order valence-electron chi connectivity index (χ4n) is 1.94. The third-order valence-corrected chi connectivity index (χ3v) is 2.98. The third-order valence-electron chi connectivity index (χ3n) is 2.98. The minimum absolute atomic E-state index is 0.0775. The number of carbonyl (C=O) groups excluding carboxylic acids is 2. The first kappa shape index (κ1) is 19.9. The summed E-state index contributed by atoms with van der Waals surface area (Å²) in [5.74, 6) is -1.35. The van der Waals surface area contributed by atoms with E-state index in [1.54, 1.807) is 13.8 Å². The minimum atomic E-state index is -1.22. The molecule has 6 nitrogen and oxygen atoms in total. The van der Waals surface area contributed by atoms with Crippen LogP contribution in [0.5, 0.6) is 0 Å². The van der Waals surface area contributed by atoms with E-state index < -0.39 is 24.1 Å². The summed E-state index contributed by atoms with van der Waals surface area (Å²) in [6.45, 7) is 7.44. The van der Waals surface area contributed by atoms with Crippen LogP contribution in [0.4, 0.5) is 0 Å². The monoisotopic (exact) mass is 336 g/mol. The first-order chi connectivity index (χ1) is 11.6. The summed E-state index contributed by atoms with van der Waals surface area (Å²) < 4.78 is 21.0. The van der Waals surface area contributed by atoms with E-state index in [9.17, 15) is 9.59 Å². The van der Waals surface area contributed by atoms with Gasteiger partial charge in [0.1, 0.15) is 0 Å². The predicted octanol–water partition coefficient (Wildman–Crippen LogP) is 2.27. The second-order valence-corrected chi connectivity index (χ2v) is 4.76. The van der Waals surface area contributed by atoms with Crippen molar-refractivity contribution in [2.45, 2.75) is 32.7 Å². The number of carbonyl (C=O) groups is 2. The Bertz CT molecular complexity index is 514. The maximum atomic E-state index is 12.2. The molecule has 0 aliphatic rings. The first-order valence-electron chi connectivity index (χ1n) is 7.85. The van der Waals surface area contributed by atoms with E-state index >= 15 is 0 Å². The Labute approximate surface area is 142 Å². The van der Waals surface area contributed by atoms with Crippen LogP contribution in [0.3, 0.4) is 0 Å². The average Bonchev–Trinajstić information content (AvgIpc) is 2.59. The van der Waals surface area contributed by atoms with Gasteiger partial charge in [0.15, 0.2) is 12.2 Å². The van der Waals surface area contributed by atoms with Gasteiger partial charge in [-0.1, -0.05) is 36.4 Å². The lowest BCUT2D eigenvalue weighted by atomic mass is 10.2. The summed E-state index contributed by atoms with van der Waals surface area (Å²) in [5.41, 5.74) is 0.859. The average molecular weight is 336 g/mol. The normalized spacial score (nSPS) is 12.9. The second kappa shape index (κ2) is 11.4. The number of rotatable bonds is 11. The summed E-state index contributed by atoms with van der Waals surface area (Å²) in [7, 11) is 0. The van der Waals surface area contributed by atoms with Crippen LogP contribution < -0.4 is 0 Å². The van der Waals surface area contributed by atoms with Crippen LogP contribution in [-0.2, 0) is 35.1 Å². The van der Waals surface area contributed by atoms with Crippen LogP contribution in [0.25, 0.3) is 0 Å². The Morgan fingerprint density at radius 1 is 1.00 bits per heavy atom. The zero-order valence-electron chi connectivity index (χ0n) is 14.1. The fraction of sp³-hybridized carbons (Fsp3) is 0.444. The van der Waals surface area contributed by atoms with Crippen LogP contribution in [0.15, 0.2) is 43.0 Å². The molecule has 0 N–H and O–H groups in total. The van der Waals surface area contributed by atoms with E-state index in [-0.39, 0.29) is 26.4 Å². The minimum Gasteiger partial charge on any atom is -0.464 e. The molecule has 1 aromatic carbocycles. The van der Waals surface area contributed by atoms with Gasteiger partial charge in [-0.3, -0.25) is 0 Å². The summed E-state index contributed by atoms with van der Waals surface area (Å²) in [4.78, 5) is 24.4. The van der Waals surface area contributed by atoms with Crippen molar-refractivity contribution in [3.8, 4) is 0 Å². The summed E-state index contributed by atoms with van der Waals surface area (Å²) in [6, 6.07) is 9.30. The number of hydrogen-bond acceptors (Lipinski definition) is 6. The highest BCUT2D eigenvalue weighted by molar-refractivity contribution is 5.85. The van der Waals surface area contributed by atoms with Crippen LogP contribution in [0.1, 0.15) is 19.4 Å². The molecule has 132 valence electrons. The lowest BCUT2D eigenvalue weighted by Gasteiger charge is -2.24. The fourth-order valence-corrected chi connectivity index (χ4v) is 1.94. The number of benzene rings is 1. The van der Waals surface area contributed by atoms with Gasteiger partial charge in [0.2, 0.25) is 0 Å². The molecule has 24 heavy (non-hydrogen) atoms. The Balaban J connectivity index is 2.90. The molecular weight excluding hydrogens is 312 g/mol. The van der Waals surface area contributed by atoms with Crippen LogP contribution in [0, 0.1) is 0 Å². The molecule has 0 aliphatic heterocycles. The molecule has 1 aromatic rings. The van der Waals surface area contributed by atoms with Gasteiger partial charge in [0.25, 0.3) is 0 Å². The van der Waals surface area contributed by atoms with Crippen molar-refractivity contribution in [3.63, 3.8) is 0 Å². The highest BCUT2D eigenvalue weighted by Gasteiger charge is 2.38. The quantitative estimate of drug-likeness (QED) is 0.456. The molecule has 0 saturated carbocycles. The van der Waals surface area contributed by atoms with Gasteiger partial charge in [-0.05, 0) is 19.4 Å². The number of hydrogen-bond donors (Lipinski definition) is 0. The maximum Gasteiger partial charge on any atom is 0.338 e. The van der Waals surface area contributed by atoms with Gasteiger partial charge in [0.05, 0.1) is 26.4 Å². The van der Waals surface area contributed by atoms with E-state index in [0.717, 1.165) is 5.56 Å². The summed E-state index contributed by atoms with van der Waals surface area (Å²) in [5, 5.41) is 0. The third kappa shape index (κ3) is 6.52. The SMILES string of the molecule is C=CCO[C@H](C(=O)OCC)[C@@H](OCc1ccccc1)C(=O)OCC. The molecule has 0 spiro atoms. The molecule has 2 atom stereocenters. The Kier molecular flexibility index (Phi) is 9.41. The highest BCUT2D eigenvalue weighted by atomic mass is 16.6. The molecule has 0 unspecified atom stereocenters. The molecule has 0 amide bonds. The lowest BCUT2D eigenvalue weighted by Crippen LogP contribution is -2.45. The largest absolute Gasteiger partial charge is 0.464 e. The summed E-state index contributed by atoms with van der Waals surface area (Å²) >= 11 is 0. The van der Waals surface area contributed by atoms with Gasteiger partial charge in [-0.25, -0.2) is 9.59 Å². The second-order valence-electron chi connectivity index (χ2n) is 4.76. The smallest absolute Gasteiger partial charge is 0.338 e. The van der Waals surface area contributed by atoms with Crippen molar-refractivity contribution in [1.29, 1.82) is 0 Å². The maximum absolute atomic E-state index is 12.2. The van der Waals surface area contributed by atoms with Crippen molar-refractivity contribution < 1.29 is 28.5 Å². The highest BCUT2D eigenvalue weighted by Crippen LogP contribution is 2.13. The van der Waals surface area contributed by atoms with Gasteiger partial charge in [-0.2, -0.15) is 0 Å². The number of ether oxygens (including phenoxy) is 4. The van der Waals surface area contributed by atoms with Gasteiger partial charge in [-0.15, -0.1) is 6.58 Å². The standard InChI is InChI=1S/C18H24O6/c1-4-12-23-15(17(19)21-5-2)16(18(20)22-6-3)24-13-14-10-8-7-9-11-14/h4,7-11,15-16H,1,5-6,12-13H2,2-3H3/t15-,16+/m0/s1. The molecule has 0 bridgehead atoms. The van der Waals surface area contributed by atoms with Crippen molar-refractivity contribution >= 4 is 11.9 Å². The van der Waals surface area contributed by atoms with Gasteiger partial charge < -0.3 is 18.9 Å². The topological polar surface area (TPSA) is 71.1 Å². The van der Waals surface area contributed by atoms with Gasteiger partial charge in [0, 0.05) is 0 Å². The van der Waals surface area contributed by atoms with Crippen molar-refractivity contribution in [2.75, 3.05) is 19.8 Å². The van der Waals surface area contributed by atoms with E-state index in [2.05, 4.69) is 6.58 Å². The molecule has 0 radical (unpaired) electrons. The van der Waals surface area contributed by atoms with Crippen molar-refractivity contribution in [2.24, 2.45) is 0 Å². The Hall–Kier alpha value is -2.18. The summed E-state index contributed by atoms with van der Waals surface area (Å²) in [6.07, 6.45) is -0.957. The molecule has 6 heteroatoms. The molecular formula is C18H24O6. The molecule has 1 rings (SSSR count). The van der Waals surface area contributed by atoms with E-state index in [4.69, 9.17) is 18.9 Å². The van der Waals surface area contributed by atoms with Crippen molar-refractivity contribution in [3.05, 3.63) is 48.6 Å². The molecule has 0 aliphatic carbocycles. The molecule has 0 saturated heterocycles. The van der Waals surface area contributed by atoms with Crippen LogP contribution in [0.2, 0.25) is 0 Å². The Morgan fingerprint density at radius 3 is 2.04 bits per heavy atom. The first-order valence-corrected chi connectivity index (χ1v) is 7.85. The lowest BCUT2D eigenvalue weighted by molar-refractivity contribution is -0.183. The van der Waals surface area contributed by atoms with Gasteiger partial charge >= 0.3 is 11.9 Å². The molecule has 0 aromatic heterocycles. The van der Waals surface area contributed by atoms with Crippen LogP contribution in [-0.4, -0.2) is 44.0 Å². The van der Waals surface area contributed by atoms with Crippen LogP contribution >= 0.6 is 0 Å². The van der Waals surface area contributed by atoms with E-state index in [1.807, 2.05) is 30.3 Å². The van der Waals surface area contributed by atoms with E-state index in [1.165, 1.54) is 6.08 Å². The number of esters is 2. The van der Waals surface area contributed by atoms with Crippen molar-refractivity contribution in [1.82, 2.24) is 0 Å². The predicted molar refractivity (Wildman–Crippen MR) is 88.2 cm³/mol. The Morgan fingerprint density at radius 2 is 1.54 bits per heavy atom. The van der Waals surface area contributed by atoms with E-state index in [0.29, 0.717) is 0 Å². The zero-order valence-corrected chi connectivity index (χ0v) is 14.1. The zero-order chi connectivity index (χ0) is 17.8. The molecule has 0 heterocycles. The molecule has 0 fully saturated rings.